The van der Waals surface area contributed by atoms with Crippen LogP contribution in [0.3, 0.4) is 0 Å². The fraction of sp³-hybridized carbons (Fsp3) is 0.615. The van der Waals surface area contributed by atoms with Crippen LogP contribution in [0.5, 0.6) is 0 Å². The van der Waals surface area contributed by atoms with Crippen LogP contribution in [0.15, 0.2) is 21.3 Å². The molecule has 0 rings (SSSR count). The van der Waals surface area contributed by atoms with Gasteiger partial charge in [0.1, 0.15) is 0 Å². The molecule has 94 valence electrons. The standard InChI is InChI=1S/C9H15N3.2C2H6/c1-7(10)5-9(6-11-3)8(2)12-4;2*1-2/h6,10H,4-5H2,1-3H3;2*1-2H3/b9-8-,10-7?,11-6?;;. The van der Waals surface area contributed by atoms with E-state index in [1.54, 1.807) is 20.2 Å². The summed E-state index contributed by atoms with van der Waals surface area (Å²) in [6.45, 7) is 15.1. The molecule has 16 heavy (non-hydrogen) atoms. The lowest BCUT2D eigenvalue weighted by atomic mass is 10.1. The SMILES string of the molecule is C=N/C(C)=C(\C=NC)CC(C)=N.CC.CC. The van der Waals surface area contributed by atoms with Gasteiger partial charge in [0.05, 0.1) is 0 Å². The van der Waals surface area contributed by atoms with Crippen molar-refractivity contribution in [3.8, 4) is 0 Å². The molecule has 0 amide bonds. The molecule has 0 saturated carbocycles. The van der Waals surface area contributed by atoms with E-state index in [1.165, 1.54) is 0 Å². The molecule has 0 bridgehead atoms. The minimum Gasteiger partial charge on any atom is -0.310 e. The van der Waals surface area contributed by atoms with Crippen molar-refractivity contribution in [2.75, 3.05) is 7.05 Å². The molecular formula is C13H27N3. The van der Waals surface area contributed by atoms with Crippen LogP contribution >= 0.6 is 0 Å². The van der Waals surface area contributed by atoms with Crippen LogP contribution in [0.1, 0.15) is 48.0 Å². The highest BCUT2D eigenvalue weighted by Crippen LogP contribution is 2.07. The summed E-state index contributed by atoms with van der Waals surface area (Å²) in [6, 6.07) is 0. The molecule has 0 saturated heterocycles. The fourth-order valence-electron chi connectivity index (χ4n) is 0.810. The first kappa shape index (κ1) is 20.2. The highest BCUT2D eigenvalue weighted by Gasteiger charge is 1.99. The van der Waals surface area contributed by atoms with Gasteiger partial charge in [0.25, 0.3) is 0 Å². The third kappa shape index (κ3) is 12.8. The van der Waals surface area contributed by atoms with Crippen LogP contribution in [0, 0.1) is 5.41 Å². The molecule has 0 radical (unpaired) electrons. The minimum atomic E-state index is 0.599. The predicted octanol–water partition coefficient (Wildman–Crippen LogP) is 4.14. The van der Waals surface area contributed by atoms with E-state index < -0.39 is 0 Å². The average molecular weight is 225 g/mol. The van der Waals surface area contributed by atoms with Gasteiger partial charge in [0, 0.05) is 31.1 Å². The Labute approximate surface area is 101 Å². The van der Waals surface area contributed by atoms with Gasteiger partial charge in [-0.05, 0) is 26.1 Å². The molecule has 0 aliphatic carbocycles. The molecule has 0 aliphatic rings. The van der Waals surface area contributed by atoms with Crippen LogP contribution < -0.4 is 0 Å². The largest absolute Gasteiger partial charge is 0.310 e. The molecule has 0 spiro atoms. The second kappa shape index (κ2) is 16.2. The maximum absolute atomic E-state index is 7.31. The molecule has 0 atom stereocenters. The molecule has 0 heterocycles. The number of hydrogen-bond acceptors (Lipinski definition) is 3. The lowest BCUT2D eigenvalue weighted by Gasteiger charge is -2.01. The van der Waals surface area contributed by atoms with Crippen molar-refractivity contribution in [1.29, 1.82) is 5.41 Å². The van der Waals surface area contributed by atoms with Crippen molar-refractivity contribution in [1.82, 2.24) is 0 Å². The maximum atomic E-state index is 7.31. The Morgan fingerprint density at radius 1 is 1.19 bits per heavy atom. The molecule has 0 aromatic heterocycles. The van der Waals surface area contributed by atoms with E-state index in [-0.39, 0.29) is 0 Å². The molecule has 0 aliphatic heterocycles. The quantitative estimate of drug-likeness (QED) is 0.699. The Bertz CT molecular complexity index is 238. The summed E-state index contributed by atoms with van der Waals surface area (Å²) in [6.07, 6.45) is 2.32. The first-order chi connectivity index (χ1) is 7.61. The Morgan fingerprint density at radius 2 is 1.62 bits per heavy atom. The molecule has 0 aromatic rings. The monoisotopic (exact) mass is 225 g/mol. The third-order valence-electron chi connectivity index (χ3n) is 1.44. The van der Waals surface area contributed by atoms with Crippen molar-refractivity contribution in [3.63, 3.8) is 0 Å². The molecule has 0 fully saturated rings. The van der Waals surface area contributed by atoms with Crippen molar-refractivity contribution in [2.24, 2.45) is 9.98 Å². The summed E-state index contributed by atoms with van der Waals surface area (Å²) in [7, 11) is 1.70. The van der Waals surface area contributed by atoms with Gasteiger partial charge in [-0.3, -0.25) is 9.98 Å². The number of nitrogens with zero attached hydrogens (tertiary/aromatic N) is 2. The van der Waals surface area contributed by atoms with E-state index in [9.17, 15) is 0 Å². The Kier molecular flexibility index (Phi) is 20.4. The van der Waals surface area contributed by atoms with Gasteiger partial charge in [0.15, 0.2) is 0 Å². The van der Waals surface area contributed by atoms with Gasteiger partial charge in [-0.2, -0.15) is 0 Å². The maximum Gasteiger partial charge on any atom is 0.0416 e. The number of nitrogens with one attached hydrogen (secondary N) is 1. The van der Waals surface area contributed by atoms with E-state index in [1.807, 2.05) is 34.6 Å². The van der Waals surface area contributed by atoms with E-state index in [0.717, 1.165) is 11.3 Å². The summed E-state index contributed by atoms with van der Waals surface area (Å²) in [5.74, 6) is 0. The first-order valence-electron chi connectivity index (χ1n) is 5.74. The van der Waals surface area contributed by atoms with E-state index in [4.69, 9.17) is 5.41 Å². The summed E-state index contributed by atoms with van der Waals surface area (Å²) in [5.41, 5.74) is 2.40. The Morgan fingerprint density at radius 3 is 1.88 bits per heavy atom. The van der Waals surface area contributed by atoms with Gasteiger partial charge in [0.2, 0.25) is 0 Å². The van der Waals surface area contributed by atoms with Crippen LogP contribution in [0.4, 0.5) is 0 Å². The van der Waals surface area contributed by atoms with Gasteiger partial charge >= 0.3 is 0 Å². The summed E-state index contributed by atoms with van der Waals surface area (Å²) in [5, 5.41) is 7.31. The molecule has 1 N–H and O–H groups in total. The zero-order valence-corrected chi connectivity index (χ0v) is 11.9. The smallest absolute Gasteiger partial charge is 0.0416 e. The summed E-state index contributed by atoms with van der Waals surface area (Å²) < 4.78 is 0. The fourth-order valence-corrected chi connectivity index (χ4v) is 0.810. The second-order valence-electron chi connectivity index (χ2n) is 2.61. The zero-order valence-electron chi connectivity index (χ0n) is 11.9. The highest BCUT2D eigenvalue weighted by molar-refractivity contribution is 5.91. The van der Waals surface area contributed by atoms with E-state index in [2.05, 4.69) is 16.7 Å². The van der Waals surface area contributed by atoms with Gasteiger partial charge in [-0.15, -0.1) is 0 Å². The van der Waals surface area contributed by atoms with Gasteiger partial charge < -0.3 is 5.41 Å². The molecule has 0 unspecified atom stereocenters. The lowest BCUT2D eigenvalue weighted by Crippen LogP contribution is -1.96. The lowest BCUT2D eigenvalue weighted by molar-refractivity contribution is 1.20. The first-order valence-corrected chi connectivity index (χ1v) is 5.74. The van der Waals surface area contributed by atoms with Crippen molar-refractivity contribution >= 4 is 18.6 Å². The third-order valence-corrected chi connectivity index (χ3v) is 1.44. The average Bonchev–Trinajstić information content (AvgIpc) is 2.32. The van der Waals surface area contributed by atoms with E-state index in [0.29, 0.717) is 12.1 Å². The molecular weight excluding hydrogens is 198 g/mol. The van der Waals surface area contributed by atoms with Crippen LogP contribution in [0.25, 0.3) is 0 Å². The molecule has 0 aromatic carbocycles. The number of hydrogen-bond donors (Lipinski definition) is 1. The van der Waals surface area contributed by atoms with Gasteiger partial charge in [-0.1, -0.05) is 27.7 Å². The number of allylic oxidation sites excluding steroid dienone is 2. The summed E-state index contributed by atoms with van der Waals surface area (Å²) >= 11 is 0. The Balaban J connectivity index is -0.000000376. The highest BCUT2D eigenvalue weighted by atomic mass is 14.7. The Hall–Kier alpha value is -1.25. The topological polar surface area (TPSA) is 48.6 Å². The predicted molar refractivity (Wildman–Crippen MR) is 77.4 cm³/mol. The zero-order chi connectivity index (χ0) is 13.6. The van der Waals surface area contributed by atoms with Gasteiger partial charge in [-0.25, -0.2) is 0 Å². The van der Waals surface area contributed by atoms with E-state index >= 15 is 0 Å². The number of aliphatic imine (C=N–C) groups is 2. The van der Waals surface area contributed by atoms with Crippen LogP contribution in [-0.4, -0.2) is 25.7 Å². The summed E-state index contributed by atoms with van der Waals surface area (Å²) in [4.78, 5) is 7.69. The number of rotatable bonds is 4. The second-order valence-corrected chi connectivity index (χ2v) is 2.61. The van der Waals surface area contributed by atoms with Crippen LogP contribution in [0.2, 0.25) is 0 Å². The molecule has 3 heteroatoms. The van der Waals surface area contributed by atoms with Crippen LogP contribution in [-0.2, 0) is 0 Å². The van der Waals surface area contributed by atoms with Crippen molar-refractivity contribution < 1.29 is 0 Å². The normalized spacial score (nSPS) is 10.4. The van der Waals surface area contributed by atoms with Crippen molar-refractivity contribution in [3.05, 3.63) is 11.3 Å². The van der Waals surface area contributed by atoms with Crippen molar-refractivity contribution in [2.45, 2.75) is 48.0 Å². The molecule has 3 nitrogen and oxygen atoms in total. The minimum absolute atomic E-state index is 0.599.